The van der Waals surface area contributed by atoms with Crippen LogP contribution in [0.1, 0.15) is 13.8 Å². The fourth-order valence-corrected chi connectivity index (χ4v) is 4.82. The topological polar surface area (TPSA) is 250 Å². The summed E-state index contributed by atoms with van der Waals surface area (Å²) in [5.41, 5.74) is 2.76. The van der Waals surface area contributed by atoms with Crippen LogP contribution in [0, 0.1) is 0 Å². The van der Waals surface area contributed by atoms with Gasteiger partial charge < -0.3 is 41.1 Å². The van der Waals surface area contributed by atoms with Crippen molar-refractivity contribution in [3.05, 3.63) is 11.1 Å². The first-order valence-electron chi connectivity index (χ1n) is 10.2. The standard InChI is InChI=1S/C17H24N6O11S2/c1-17(2,14(27)28)34-21-10(8-6-35-15(18)19-8)12(25)20-11-9(23(13(11)26)36(30,31)32)4-22-3-7(5-24)33-16(22)29/h6-7,9,11,15,19,24H,3-5,18H2,1-2H3,(H,20,25)(H,27,28)(H,30,31,32)/b21-10-. The number of carbonyl (C=O) groups is 4. The number of β-lactam (4-membered cyclic amide) rings is 1. The van der Waals surface area contributed by atoms with E-state index in [1.807, 2.05) is 0 Å². The Morgan fingerprint density at radius 3 is 2.58 bits per heavy atom. The Hall–Kier alpha value is -3.13. The maximum atomic E-state index is 13.1. The third-order valence-corrected chi connectivity index (χ3v) is 6.98. The number of hydrogen-bond donors (Lipinski definition) is 6. The number of oxime groups is 1. The van der Waals surface area contributed by atoms with E-state index in [4.69, 9.17) is 15.3 Å². The van der Waals surface area contributed by atoms with Crippen LogP contribution < -0.4 is 16.4 Å². The minimum atomic E-state index is -5.05. The predicted octanol–water partition coefficient (Wildman–Crippen LogP) is -3.05. The highest BCUT2D eigenvalue weighted by molar-refractivity contribution is 8.02. The fraction of sp³-hybridized carbons (Fsp3) is 0.588. The van der Waals surface area contributed by atoms with Crippen molar-refractivity contribution >= 4 is 51.7 Å². The van der Waals surface area contributed by atoms with E-state index in [0.29, 0.717) is 0 Å². The summed E-state index contributed by atoms with van der Waals surface area (Å²) in [6.45, 7) is 1.26. The zero-order chi connectivity index (χ0) is 27.0. The number of amides is 3. The molecule has 19 heteroatoms. The molecule has 3 aliphatic heterocycles. The van der Waals surface area contributed by atoms with Gasteiger partial charge in [0.2, 0.25) is 5.60 Å². The van der Waals surface area contributed by atoms with Gasteiger partial charge in [-0.2, -0.15) is 8.42 Å². The molecule has 3 aliphatic rings. The van der Waals surface area contributed by atoms with Crippen LogP contribution in [0.25, 0.3) is 0 Å². The first kappa shape index (κ1) is 27.5. The Balaban J connectivity index is 1.84. The highest BCUT2D eigenvalue weighted by atomic mass is 32.2. The van der Waals surface area contributed by atoms with Crippen molar-refractivity contribution in [2.45, 2.75) is 43.1 Å². The highest BCUT2D eigenvalue weighted by Gasteiger charge is 2.55. The second kappa shape index (κ2) is 10.1. The van der Waals surface area contributed by atoms with Gasteiger partial charge in [-0.1, -0.05) is 16.9 Å². The Morgan fingerprint density at radius 2 is 2.08 bits per heavy atom. The summed E-state index contributed by atoms with van der Waals surface area (Å²) >= 11 is 1.06. The third kappa shape index (κ3) is 5.64. The van der Waals surface area contributed by atoms with Crippen molar-refractivity contribution in [3.63, 3.8) is 0 Å². The molecule has 0 aromatic rings. The van der Waals surface area contributed by atoms with Gasteiger partial charge in [-0.25, -0.2) is 13.9 Å². The highest BCUT2D eigenvalue weighted by Crippen LogP contribution is 2.27. The van der Waals surface area contributed by atoms with Crippen LogP contribution in [0.2, 0.25) is 0 Å². The average molecular weight is 553 g/mol. The number of ether oxygens (including phenoxy) is 1. The molecule has 0 aromatic heterocycles. The molecule has 0 aliphatic carbocycles. The van der Waals surface area contributed by atoms with Crippen LogP contribution in [-0.2, 0) is 34.3 Å². The summed E-state index contributed by atoms with van der Waals surface area (Å²) in [4.78, 5) is 54.9. The number of nitrogens with two attached hydrogens (primary N) is 1. The summed E-state index contributed by atoms with van der Waals surface area (Å²) in [5.74, 6) is -3.66. The lowest BCUT2D eigenvalue weighted by Crippen LogP contribution is -2.74. The van der Waals surface area contributed by atoms with Crippen LogP contribution in [0.15, 0.2) is 16.3 Å². The van der Waals surface area contributed by atoms with Gasteiger partial charge in [-0.15, -0.1) is 0 Å². The number of nitrogens with zero attached hydrogens (tertiary/aromatic N) is 3. The molecule has 17 nitrogen and oxygen atoms in total. The number of rotatable bonds is 10. The van der Waals surface area contributed by atoms with Gasteiger partial charge in [0, 0.05) is 12.0 Å². The van der Waals surface area contributed by atoms with E-state index in [-0.39, 0.29) is 16.5 Å². The van der Waals surface area contributed by atoms with Gasteiger partial charge in [0.25, 0.3) is 11.8 Å². The molecule has 4 unspecified atom stereocenters. The molecule has 4 atom stereocenters. The van der Waals surface area contributed by atoms with E-state index in [1.54, 1.807) is 0 Å². The van der Waals surface area contributed by atoms with E-state index >= 15 is 0 Å². The maximum Gasteiger partial charge on any atom is 0.410 e. The number of hydrogen-bond acceptors (Lipinski definition) is 13. The Bertz CT molecular complexity index is 1120. The van der Waals surface area contributed by atoms with Crippen molar-refractivity contribution < 1.29 is 51.9 Å². The van der Waals surface area contributed by atoms with Crippen LogP contribution in [0.5, 0.6) is 0 Å². The quantitative estimate of drug-likeness (QED) is 0.0682. The average Bonchev–Trinajstić information content (AvgIpc) is 3.35. The molecule has 0 radical (unpaired) electrons. The molecule has 200 valence electrons. The van der Waals surface area contributed by atoms with Crippen molar-refractivity contribution in [2.24, 2.45) is 10.9 Å². The first-order chi connectivity index (χ1) is 16.7. The lowest BCUT2D eigenvalue weighted by Gasteiger charge is -2.45. The first-order valence-corrected chi connectivity index (χ1v) is 12.6. The predicted molar refractivity (Wildman–Crippen MR) is 120 cm³/mol. The summed E-state index contributed by atoms with van der Waals surface area (Å²) in [5, 5.41) is 28.4. The molecule has 36 heavy (non-hydrogen) atoms. The molecule has 0 saturated carbocycles. The molecule has 0 bridgehead atoms. The number of cyclic esters (lactones) is 1. The number of aliphatic hydroxyl groups is 1. The molecular weight excluding hydrogens is 528 g/mol. The van der Waals surface area contributed by atoms with E-state index in [0.717, 1.165) is 16.7 Å². The van der Waals surface area contributed by atoms with E-state index in [2.05, 4.69) is 15.8 Å². The number of nitrogens with one attached hydrogen (secondary N) is 2. The zero-order valence-electron chi connectivity index (χ0n) is 18.9. The maximum absolute atomic E-state index is 13.1. The van der Waals surface area contributed by atoms with Crippen molar-refractivity contribution in [2.75, 3.05) is 19.7 Å². The second-order valence-electron chi connectivity index (χ2n) is 8.30. The number of aliphatic hydroxyl groups excluding tert-OH is 1. The lowest BCUT2D eigenvalue weighted by atomic mass is 9.97. The van der Waals surface area contributed by atoms with Crippen LogP contribution in [0.3, 0.4) is 0 Å². The van der Waals surface area contributed by atoms with Gasteiger partial charge >= 0.3 is 22.4 Å². The van der Waals surface area contributed by atoms with E-state index < -0.39 is 82.3 Å². The van der Waals surface area contributed by atoms with Gasteiger partial charge in [0.15, 0.2) is 5.71 Å². The van der Waals surface area contributed by atoms with Crippen molar-refractivity contribution in [1.29, 1.82) is 0 Å². The lowest BCUT2D eigenvalue weighted by molar-refractivity contribution is -0.161. The molecular formula is C17H24N6O11S2. The summed E-state index contributed by atoms with van der Waals surface area (Å²) in [6.07, 6.45) is -1.78. The molecule has 7 N–H and O–H groups in total. The Labute approximate surface area is 208 Å². The minimum Gasteiger partial charge on any atom is -0.478 e. The van der Waals surface area contributed by atoms with E-state index in [9.17, 15) is 42.4 Å². The zero-order valence-corrected chi connectivity index (χ0v) is 20.5. The normalized spacial score (nSPS) is 26.7. The van der Waals surface area contributed by atoms with Gasteiger partial charge in [0.1, 0.15) is 17.6 Å². The number of aliphatic carboxylic acids is 1. The van der Waals surface area contributed by atoms with Crippen LogP contribution >= 0.6 is 11.8 Å². The molecule has 2 fully saturated rings. The molecule has 0 aromatic carbocycles. The molecule has 0 spiro atoms. The fourth-order valence-electron chi connectivity index (χ4n) is 3.29. The number of thioether (sulfide) groups is 1. The molecule has 2 saturated heterocycles. The van der Waals surface area contributed by atoms with Crippen LogP contribution in [-0.4, -0.2) is 111 Å². The SMILES string of the molecule is CC(C)(O/N=C(\C(=O)NC1C(=O)N(S(=O)(=O)O)C1CN1CC(CO)OC1=O)C1=CSC(N)N1)C(=O)O. The van der Waals surface area contributed by atoms with E-state index in [1.165, 1.54) is 19.3 Å². The Morgan fingerprint density at radius 1 is 1.42 bits per heavy atom. The van der Waals surface area contributed by atoms with Gasteiger partial charge in [-0.05, 0) is 13.8 Å². The van der Waals surface area contributed by atoms with Gasteiger partial charge in [0.05, 0.1) is 24.9 Å². The molecule has 3 heterocycles. The number of carboxylic acids is 1. The van der Waals surface area contributed by atoms with Crippen molar-refractivity contribution in [3.8, 4) is 0 Å². The summed E-state index contributed by atoms with van der Waals surface area (Å²) in [7, 11) is -5.05. The minimum absolute atomic E-state index is 0.0371. The Kier molecular flexibility index (Phi) is 7.69. The van der Waals surface area contributed by atoms with Crippen molar-refractivity contribution in [1.82, 2.24) is 19.8 Å². The van der Waals surface area contributed by atoms with Crippen LogP contribution in [0.4, 0.5) is 4.79 Å². The smallest absolute Gasteiger partial charge is 0.410 e. The number of carboxylic acid groups (broad SMARTS) is 1. The summed E-state index contributed by atoms with van der Waals surface area (Å²) < 4.78 is 37.9. The second-order valence-corrected chi connectivity index (χ2v) is 10.6. The largest absolute Gasteiger partial charge is 0.478 e. The molecule has 3 rings (SSSR count). The number of carbonyl (C=O) groups excluding carboxylic acids is 3. The monoisotopic (exact) mass is 552 g/mol. The van der Waals surface area contributed by atoms with Gasteiger partial charge in [-0.3, -0.25) is 14.1 Å². The summed E-state index contributed by atoms with van der Waals surface area (Å²) in [6, 6.07) is -2.97. The third-order valence-electron chi connectivity index (χ3n) is 5.25. The molecule has 3 amide bonds.